The fraction of sp³-hybridized carbons (Fsp3) is 0.100. The highest BCUT2D eigenvalue weighted by Gasteiger charge is 2.14. The number of nitrogen functional groups attached to an aromatic ring is 1. The Labute approximate surface area is 126 Å². The molecular formula is C10H8BrClN4O2S. The quantitative estimate of drug-likeness (QED) is 0.639. The summed E-state index contributed by atoms with van der Waals surface area (Å²) in [5.41, 5.74) is 0.691. The van der Waals surface area contributed by atoms with E-state index < -0.39 is 5.97 Å². The fourth-order valence-corrected chi connectivity index (χ4v) is 2.82. The number of carbonyl (C=O) groups is 1. The summed E-state index contributed by atoms with van der Waals surface area (Å²) in [5.74, 6) is 5.18. The zero-order valence-corrected chi connectivity index (χ0v) is 12.5. The van der Waals surface area contributed by atoms with Crippen molar-refractivity contribution in [2.24, 2.45) is 0 Å². The lowest BCUT2D eigenvalue weighted by Gasteiger charge is -2.04. The van der Waals surface area contributed by atoms with Gasteiger partial charge in [0.2, 0.25) is 5.16 Å². The topological polar surface area (TPSA) is 94.0 Å². The molecule has 19 heavy (non-hydrogen) atoms. The second-order valence-corrected chi connectivity index (χ2v) is 5.81. The van der Waals surface area contributed by atoms with E-state index in [9.17, 15) is 4.79 Å². The third kappa shape index (κ3) is 3.40. The molecule has 0 fully saturated rings. The van der Waals surface area contributed by atoms with Gasteiger partial charge in [0.1, 0.15) is 0 Å². The van der Waals surface area contributed by atoms with Crippen LogP contribution in [0.2, 0.25) is 5.02 Å². The second kappa shape index (κ2) is 5.81. The maximum absolute atomic E-state index is 10.5. The first-order chi connectivity index (χ1) is 8.97. The summed E-state index contributed by atoms with van der Waals surface area (Å²) >= 11 is 10.3. The van der Waals surface area contributed by atoms with Gasteiger partial charge in [-0.1, -0.05) is 39.3 Å². The van der Waals surface area contributed by atoms with Gasteiger partial charge >= 0.3 is 5.97 Å². The van der Waals surface area contributed by atoms with Crippen LogP contribution in [0, 0.1) is 0 Å². The van der Waals surface area contributed by atoms with E-state index in [1.54, 1.807) is 18.2 Å². The Kier molecular flexibility index (Phi) is 4.33. The van der Waals surface area contributed by atoms with Crippen molar-refractivity contribution < 1.29 is 9.90 Å². The van der Waals surface area contributed by atoms with E-state index in [4.69, 9.17) is 22.6 Å². The average molecular weight is 364 g/mol. The number of carboxylic acids is 1. The van der Waals surface area contributed by atoms with Crippen LogP contribution in [0.5, 0.6) is 0 Å². The number of benzene rings is 1. The maximum atomic E-state index is 10.5. The van der Waals surface area contributed by atoms with E-state index in [-0.39, 0.29) is 5.75 Å². The van der Waals surface area contributed by atoms with Crippen molar-refractivity contribution in [1.29, 1.82) is 0 Å². The Bertz CT molecular complexity index is 614. The van der Waals surface area contributed by atoms with Gasteiger partial charge in [-0.05, 0) is 18.2 Å². The minimum absolute atomic E-state index is 0.130. The van der Waals surface area contributed by atoms with Gasteiger partial charge in [0, 0.05) is 15.1 Å². The molecule has 0 aliphatic heterocycles. The van der Waals surface area contributed by atoms with Gasteiger partial charge in [0.15, 0.2) is 5.82 Å². The van der Waals surface area contributed by atoms with Crippen molar-refractivity contribution in [1.82, 2.24) is 14.9 Å². The Morgan fingerprint density at radius 2 is 2.21 bits per heavy atom. The lowest BCUT2D eigenvalue weighted by Crippen LogP contribution is -2.12. The molecule has 6 nitrogen and oxygen atoms in total. The maximum Gasteiger partial charge on any atom is 0.313 e. The first-order valence-electron chi connectivity index (χ1n) is 4.99. The summed E-state index contributed by atoms with van der Waals surface area (Å²) in [6, 6.07) is 5.23. The molecule has 1 aromatic carbocycles. The van der Waals surface area contributed by atoms with Gasteiger partial charge < -0.3 is 10.9 Å². The predicted octanol–water partition coefficient (Wildman–Crippen LogP) is 2.25. The highest BCUT2D eigenvalue weighted by Crippen LogP contribution is 2.27. The van der Waals surface area contributed by atoms with Crippen molar-refractivity contribution in [3.63, 3.8) is 0 Å². The van der Waals surface area contributed by atoms with Crippen molar-refractivity contribution in [2.75, 3.05) is 11.6 Å². The fourth-order valence-electron chi connectivity index (χ4n) is 1.38. The third-order valence-electron chi connectivity index (χ3n) is 2.11. The number of halogens is 2. The predicted molar refractivity (Wildman–Crippen MR) is 76.7 cm³/mol. The van der Waals surface area contributed by atoms with Crippen LogP contribution in [0.3, 0.4) is 0 Å². The molecule has 100 valence electrons. The normalized spacial score (nSPS) is 10.6. The van der Waals surface area contributed by atoms with Crippen LogP contribution < -0.4 is 5.84 Å². The molecule has 0 bridgehead atoms. The molecule has 9 heteroatoms. The lowest BCUT2D eigenvalue weighted by atomic mass is 10.2. The molecule has 1 aromatic heterocycles. The molecule has 0 saturated carbocycles. The zero-order chi connectivity index (χ0) is 14.0. The molecule has 0 amide bonds. The summed E-state index contributed by atoms with van der Waals surface area (Å²) in [6.45, 7) is 0. The molecule has 0 unspecified atom stereocenters. The monoisotopic (exact) mass is 362 g/mol. The molecule has 1 heterocycles. The summed E-state index contributed by atoms with van der Waals surface area (Å²) in [5, 5.41) is 17.3. The molecule has 0 spiro atoms. The van der Waals surface area contributed by atoms with Gasteiger partial charge in [-0.25, -0.2) is 4.68 Å². The van der Waals surface area contributed by atoms with Crippen molar-refractivity contribution in [3.05, 3.63) is 27.7 Å². The van der Waals surface area contributed by atoms with E-state index >= 15 is 0 Å². The van der Waals surface area contributed by atoms with Crippen molar-refractivity contribution in [3.8, 4) is 11.4 Å². The van der Waals surface area contributed by atoms with E-state index in [1.807, 2.05) is 0 Å². The van der Waals surface area contributed by atoms with E-state index in [1.165, 1.54) is 4.68 Å². The summed E-state index contributed by atoms with van der Waals surface area (Å²) in [4.78, 5) is 10.5. The van der Waals surface area contributed by atoms with Crippen LogP contribution >= 0.6 is 39.3 Å². The first kappa shape index (κ1) is 14.2. The van der Waals surface area contributed by atoms with Crippen LogP contribution in [-0.2, 0) is 4.79 Å². The number of thioether (sulfide) groups is 1. The van der Waals surface area contributed by atoms with Gasteiger partial charge in [-0.2, -0.15) is 0 Å². The van der Waals surface area contributed by atoms with Gasteiger partial charge in [-0.15, -0.1) is 10.2 Å². The van der Waals surface area contributed by atoms with Crippen molar-refractivity contribution >= 4 is 45.3 Å². The zero-order valence-electron chi connectivity index (χ0n) is 9.38. The van der Waals surface area contributed by atoms with Crippen LogP contribution in [0.25, 0.3) is 11.4 Å². The minimum atomic E-state index is -0.944. The number of aliphatic carboxylic acids is 1. The number of aromatic nitrogens is 3. The van der Waals surface area contributed by atoms with Crippen LogP contribution in [0.4, 0.5) is 0 Å². The van der Waals surface area contributed by atoms with Crippen molar-refractivity contribution in [2.45, 2.75) is 5.16 Å². The summed E-state index contributed by atoms with van der Waals surface area (Å²) in [7, 11) is 0. The molecule has 0 atom stereocenters. The Morgan fingerprint density at radius 1 is 1.47 bits per heavy atom. The first-order valence-corrected chi connectivity index (χ1v) is 7.14. The number of nitrogens with two attached hydrogens (primary N) is 1. The Balaban J connectivity index is 2.33. The van der Waals surface area contributed by atoms with E-state index in [2.05, 4.69) is 26.1 Å². The molecule has 0 radical (unpaired) electrons. The summed E-state index contributed by atoms with van der Waals surface area (Å²) in [6.07, 6.45) is 0. The van der Waals surface area contributed by atoms with Crippen LogP contribution in [0.15, 0.2) is 27.8 Å². The number of rotatable bonds is 4. The molecule has 2 rings (SSSR count). The largest absolute Gasteiger partial charge is 0.481 e. The smallest absolute Gasteiger partial charge is 0.313 e. The SMILES string of the molecule is Nn1c(SCC(=O)O)nnc1-c1cc(Cl)cc(Br)c1. The second-order valence-electron chi connectivity index (χ2n) is 3.52. The summed E-state index contributed by atoms with van der Waals surface area (Å²) < 4.78 is 2.03. The molecule has 2 aromatic rings. The highest BCUT2D eigenvalue weighted by atomic mass is 79.9. The van der Waals surface area contributed by atoms with Crippen LogP contribution in [0.1, 0.15) is 0 Å². The van der Waals surface area contributed by atoms with Crippen LogP contribution in [-0.4, -0.2) is 31.7 Å². The number of carboxylic acid groups (broad SMARTS) is 1. The standard InChI is InChI=1S/C10H8BrClN4O2S/c11-6-1-5(2-7(12)3-6)9-14-15-10(16(9)13)19-4-8(17)18/h1-3H,4,13H2,(H,17,18). The Morgan fingerprint density at radius 3 is 2.84 bits per heavy atom. The lowest BCUT2D eigenvalue weighted by molar-refractivity contribution is -0.133. The molecule has 3 N–H and O–H groups in total. The van der Waals surface area contributed by atoms with E-state index in [0.717, 1.165) is 16.2 Å². The third-order valence-corrected chi connectivity index (χ3v) is 3.71. The highest BCUT2D eigenvalue weighted by molar-refractivity contribution is 9.10. The Hall–Kier alpha value is -1.25. The molecule has 0 saturated heterocycles. The number of nitrogens with zero attached hydrogens (tertiary/aromatic N) is 3. The van der Waals surface area contributed by atoms with Gasteiger partial charge in [0.25, 0.3) is 0 Å². The number of hydrogen-bond acceptors (Lipinski definition) is 5. The van der Waals surface area contributed by atoms with E-state index in [0.29, 0.717) is 21.6 Å². The molecule has 0 aliphatic rings. The van der Waals surface area contributed by atoms with Gasteiger partial charge in [-0.3, -0.25) is 4.79 Å². The average Bonchev–Trinajstić information content (AvgIpc) is 2.66. The minimum Gasteiger partial charge on any atom is -0.481 e. The molecular weight excluding hydrogens is 356 g/mol. The molecule has 0 aliphatic carbocycles. The van der Waals surface area contributed by atoms with Gasteiger partial charge in [0.05, 0.1) is 5.75 Å². The number of hydrogen-bond donors (Lipinski definition) is 2.